The molecule has 6 heteroatoms. The maximum Gasteiger partial charge on any atom is 0.0958 e. The van der Waals surface area contributed by atoms with Gasteiger partial charge < -0.3 is 10.2 Å². The van der Waals surface area contributed by atoms with Crippen molar-refractivity contribution in [1.29, 1.82) is 10.5 Å². The number of nitrogens with one attached hydrogen (secondary N) is 2. The SMILES string of the molecule is N#[14C][C@H](CCCC[C@@H]([14C]#N)N[C@@H](CO)c1ccccc1)N[C@@H](CO)c1ccccc1. The summed E-state index contributed by atoms with van der Waals surface area (Å²) in [4.78, 5) is 0. The molecule has 0 saturated heterocycles. The molecule has 0 spiro atoms. The van der Waals surface area contributed by atoms with Crippen molar-refractivity contribution < 1.29 is 10.2 Å². The Kier molecular flexibility index (Phi) is 10.6. The number of hydrogen-bond acceptors (Lipinski definition) is 6. The number of unbranched alkanes of at least 4 members (excludes halogenated alkanes) is 1. The normalized spacial score (nSPS) is 14.8. The van der Waals surface area contributed by atoms with E-state index >= 15 is 0 Å². The van der Waals surface area contributed by atoms with Gasteiger partial charge in [0.15, 0.2) is 0 Å². The summed E-state index contributed by atoms with van der Waals surface area (Å²) in [7, 11) is 0. The summed E-state index contributed by atoms with van der Waals surface area (Å²) in [5.41, 5.74) is 1.90. The standard InChI is InChI=1S/C24H30N4O2/c25-15-21(27-23(17-29)19-9-3-1-4-10-19)13-7-8-14-22(16-26)28-24(18-30)20-11-5-2-6-12-20/h1-6,9-12,21-24,27-30H,7-8,13-14,17-18H2/t21-,22-,23-,24-/m0/s1/i15+2,16+2. The van der Waals surface area contributed by atoms with Crippen LogP contribution in [0.5, 0.6) is 0 Å². The first-order chi connectivity index (χ1) is 14.7. The number of aliphatic hydroxyl groups is 2. The van der Waals surface area contributed by atoms with Crippen molar-refractivity contribution in [3.63, 3.8) is 0 Å². The number of hydrogen-bond donors (Lipinski definition) is 4. The van der Waals surface area contributed by atoms with E-state index in [2.05, 4.69) is 22.8 Å². The van der Waals surface area contributed by atoms with Crippen LogP contribution in [-0.4, -0.2) is 35.5 Å². The first-order valence-electron chi connectivity index (χ1n) is 10.3. The molecule has 0 unspecified atom stereocenters. The number of rotatable bonds is 13. The molecular formula is C24H30N4O2. The third-order valence-corrected chi connectivity index (χ3v) is 5.12. The van der Waals surface area contributed by atoms with E-state index in [-0.39, 0.29) is 37.4 Å². The maximum absolute atomic E-state index is 9.66. The van der Waals surface area contributed by atoms with Crippen LogP contribution in [0, 0.1) is 22.7 Å². The van der Waals surface area contributed by atoms with Crippen molar-refractivity contribution in [3.8, 4) is 12.1 Å². The van der Waals surface area contributed by atoms with Crippen molar-refractivity contribution in [3.05, 3.63) is 71.8 Å². The van der Waals surface area contributed by atoms with Crippen molar-refractivity contribution in [2.24, 2.45) is 0 Å². The molecule has 4 atom stereocenters. The monoisotopic (exact) mass is 410 g/mol. The van der Waals surface area contributed by atoms with Gasteiger partial charge in [-0.3, -0.25) is 10.6 Å². The smallest absolute Gasteiger partial charge is 0.0958 e. The fourth-order valence-electron chi connectivity index (χ4n) is 3.43. The van der Waals surface area contributed by atoms with E-state index in [9.17, 15) is 20.7 Å². The van der Waals surface area contributed by atoms with Gasteiger partial charge in [-0.05, 0) is 24.0 Å². The molecule has 0 saturated carbocycles. The number of nitrogens with zero attached hydrogens (tertiary/aromatic N) is 2. The zero-order valence-electron chi connectivity index (χ0n) is 17.1. The third kappa shape index (κ3) is 7.59. The molecule has 6 nitrogen and oxygen atoms in total. The largest absolute Gasteiger partial charge is 0.394 e. The van der Waals surface area contributed by atoms with Crippen LogP contribution in [0.3, 0.4) is 0 Å². The molecule has 158 valence electrons. The van der Waals surface area contributed by atoms with Crippen LogP contribution in [-0.2, 0) is 0 Å². The average molecular weight is 411 g/mol. The van der Waals surface area contributed by atoms with Crippen LogP contribution in [0.25, 0.3) is 0 Å². The Morgan fingerprint density at radius 1 is 0.667 bits per heavy atom. The van der Waals surface area contributed by atoms with Crippen LogP contribution >= 0.6 is 0 Å². The number of benzene rings is 2. The van der Waals surface area contributed by atoms with E-state index in [1.165, 1.54) is 0 Å². The Labute approximate surface area is 178 Å². The minimum Gasteiger partial charge on any atom is -0.394 e. The van der Waals surface area contributed by atoms with Crippen LogP contribution in [0.2, 0.25) is 0 Å². The first-order valence-corrected chi connectivity index (χ1v) is 10.3. The molecule has 0 aliphatic rings. The second-order valence-electron chi connectivity index (χ2n) is 7.27. The second kappa shape index (κ2) is 13.5. The zero-order valence-corrected chi connectivity index (χ0v) is 17.1. The van der Waals surface area contributed by atoms with E-state index in [0.29, 0.717) is 12.8 Å². The molecule has 0 amide bonds. The van der Waals surface area contributed by atoms with Gasteiger partial charge in [-0.15, -0.1) is 0 Å². The summed E-state index contributed by atoms with van der Waals surface area (Å²) in [6.45, 7) is -0.157. The molecule has 0 bridgehead atoms. The van der Waals surface area contributed by atoms with E-state index in [1.807, 2.05) is 60.7 Å². The molecular weight excluding hydrogens is 380 g/mol. The van der Waals surface area contributed by atoms with Gasteiger partial charge in [0.25, 0.3) is 0 Å². The lowest BCUT2D eigenvalue weighted by Gasteiger charge is -2.22. The first kappa shape index (κ1) is 23.5. The summed E-state index contributed by atoms with van der Waals surface area (Å²) in [6.07, 6.45) is 2.85. The van der Waals surface area contributed by atoms with Gasteiger partial charge in [-0.25, -0.2) is 0 Å². The molecule has 2 rings (SSSR count). The summed E-state index contributed by atoms with van der Waals surface area (Å²) in [5.74, 6) is 0. The van der Waals surface area contributed by atoms with E-state index < -0.39 is 0 Å². The highest BCUT2D eigenvalue weighted by Gasteiger charge is 2.18. The Balaban J connectivity index is 1.78. The van der Waals surface area contributed by atoms with Gasteiger partial charge in [-0.2, -0.15) is 10.5 Å². The second-order valence-corrected chi connectivity index (χ2v) is 7.27. The zero-order chi connectivity index (χ0) is 21.6. The minimum atomic E-state index is -0.370. The molecule has 0 aliphatic heterocycles. The Morgan fingerprint density at radius 2 is 1.03 bits per heavy atom. The molecule has 4 N–H and O–H groups in total. The van der Waals surface area contributed by atoms with E-state index in [1.54, 1.807) is 0 Å². The number of aliphatic hydroxyl groups excluding tert-OH is 2. The van der Waals surface area contributed by atoms with Crippen LogP contribution in [0.15, 0.2) is 60.7 Å². The Hall–Kier alpha value is -2.74. The lowest BCUT2D eigenvalue weighted by atomic mass is 10.1. The molecule has 30 heavy (non-hydrogen) atoms. The van der Waals surface area contributed by atoms with Crippen molar-refractivity contribution in [2.75, 3.05) is 13.2 Å². The molecule has 2 aromatic carbocycles. The highest BCUT2D eigenvalue weighted by Crippen LogP contribution is 2.16. The van der Waals surface area contributed by atoms with Crippen molar-refractivity contribution in [1.82, 2.24) is 10.6 Å². The molecule has 2 aromatic rings. The number of nitriles is 2. The van der Waals surface area contributed by atoms with Gasteiger partial charge in [0.2, 0.25) is 0 Å². The molecule has 0 radical (unpaired) electrons. The van der Waals surface area contributed by atoms with Crippen LogP contribution in [0.1, 0.15) is 48.9 Å². The molecule has 0 aromatic heterocycles. The summed E-state index contributed by atoms with van der Waals surface area (Å²) >= 11 is 0. The van der Waals surface area contributed by atoms with Gasteiger partial charge >= 0.3 is 0 Å². The quantitative estimate of drug-likeness (QED) is 0.378. The molecule has 0 fully saturated rings. The molecule has 0 heterocycles. The van der Waals surface area contributed by atoms with Gasteiger partial charge in [0.1, 0.15) is 0 Å². The van der Waals surface area contributed by atoms with Crippen molar-refractivity contribution in [2.45, 2.75) is 49.9 Å². The van der Waals surface area contributed by atoms with Gasteiger partial charge in [0.05, 0.1) is 49.5 Å². The Bertz CT molecular complexity index is 732. The predicted octanol–water partition coefficient (Wildman–Crippen LogP) is 2.98. The lowest BCUT2D eigenvalue weighted by molar-refractivity contribution is 0.234. The van der Waals surface area contributed by atoms with Gasteiger partial charge in [0, 0.05) is 0 Å². The van der Waals surface area contributed by atoms with E-state index in [0.717, 1.165) is 24.0 Å². The van der Waals surface area contributed by atoms with Crippen molar-refractivity contribution >= 4 is 0 Å². The third-order valence-electron chi connectivity index (χ3n) is 5.12. The fraction of sp³-hybridized carbons (Fsp3) is 0.417. The summed E-state index contributed by atoms with van der Waals surface area (Å²) < 4.78 is 0. The van der Waals surface area contributed by atoms with Crippen LogP contribution in [0.4, 0.5) is 0 Å². The predicted molar refractivity (Wildman–Crippen MR) is 116 cm³/mol. The highest BCUT2D eigenvalue weighted by molar-refractivity contribution is 5.20. The lowest BCUT2D eigenvalue weighted by Crippen LogP contribution is -2.34. The Morgan fingerprint density at radius 3 is 1.33 bits per heavy atom. The average Bonchev–Trinajstić information content (AvgIpc) is 2.81. The van der Waals surface area contributed by atoms with E-state index in [4.69, 9.17) is 0 Å². The maximum atomic E-state index is 9.66. The fourth-order valence-corrected chi connectivity index (χ4v) is 3.43. The summed E-state index contributed by atoms with van der Waals surface area (Å²) in [6, 6.07) is 22.4. The highest BCUT2D eigenvalue weighted by atomic mass is 16.3. The topological polar surface area (TPSA) is 112 Å². The minimum absolute atomic E-state index is 0.0787. The molecule has 0 aliphatic carbocycles. The van der Waals surface area contributed by atoms with Crippen LogP contribution < -0.4 is 10.6 Å². The summed E-state index contributed by atoms with van der Waals surface area (Å²) in [5, 5.41) is 44.7. The van der Waals surface area contributed by atoms with Gasteiger partial charge in [-0.1, -0.05) is 73.5 Å².